The van der Waals surface area contributed by atoms with Gasteiger partial charge in [0.05, 0.1) is 5.56 Å². The van der Waals surface area contributed by atoms with Crippen LogP contribution in [0.5, 0.6) is 11.5 Å². The maximum absolute atomic E-state index is 13.1. The van der Waals surface area contributed by atoms with E-state index >= 15 is 0 Å². The van der Waals surface area contributed by atoms with E-state index in [1.165, 1.54) is 0 Å². The second-order valence-electron chi connectivity index (χ2n) is 8.93. The monoisotopic (exact) mass is 511 g/mol. The summed E-state index contributed by atoms with van der Waals surface area (Å²) >= 11 is 0. The molecular weight excluding hydrogens is 480 g/mol. The van der Waals surface area contributed by atoms with Gasteiger partial charge >= 0.3 is 0 Å². The number of carbonyl (C=O) groups excluding carboxylic acids is 3. The molecule has 0 atom stereocenters. The van der Waals surface area contributed by atoms with Gasteiger partial charge in [-0.25, -0.2) is 0 Å². The first-order valence-electron chi connectivity index (χ1n) is 12.8. The van der Waals surface area contributed by atoms with Crippen LogP contribution < -0.4 is 14.8 Å². The van der Waals surface area contributed by atoms with Crippen LogP contribution in [0.25, 0.3) is 0 Å². The van der Waals surface area contributed by atoms with Gasteiger partial charge < -0.3 is 29.3 Å². The Labute approximate surface area is 223 Å². The molecule has 7 nitrogen and oxygen atoms in total. The van der Waals surface area contributed by atoms with Crippen LogP contribution in [0.2, 0.25) is 0 Å². The number of imide groups is 1. The van der Waals surface area contributed by atoms with Crippen molar-refractivity contribution < 1.29 is 23.9 Å². The number of nitrogens with zero attached hydrogens (tertiary/aromatic N) is 1. The maximum atomic E-state index is 13.1. The van der Waals surface area contributed by atoms with Crippen LogP contribution in [0.1, 0.15) is 53.6 Å². The van der Waals surface area contributed by atoms with Gasteiger partial charge in [0.15, 0.2) is 0 Å². The Hall–Kier alpha value is -4.39. The fourth-order valence-electron chi connectivity index (χ4n) is 3.96. The predicted molar refractivity (Wildman–Crippen MR) is 143 cm³/mol. The summed E-state index contributed by atoms with van der Waals surface area (Å²) in [5, 5.41) is 2.95. The SMILES string of the molecule is O=C(NCCCCCC(=O)N1[C-]=CCC1=O)c1cc(OCc2ccccc2)ccc1OCc1ccccc1. The molecule has 1 aliphatic rings. The third-order valence-corrected chi connectivity index (χ3v) is 6.03. The number of ether oxygens (including phenoxy) is 2. The summed E-state index contributed by atoms with van der Waals surface area (Å²) in [5.74, 6) is 0.329. The van der Waals surface area contributed by atoms with Gasteiger partial charge in [0, 0.05) is 6.54 Å². The Kier molecular flexibility index (Phi) is 9.68. The molecule has 3 amide bonds. The normalized spacial score (nSPS) is 12.4. The highest BCUT2D eigenvalue weighted by molar-refractivity contribution is 5.98. The average molecular weight is 512 g/mol. The Morgan fingerprint density at radius 1 is 0.842 bits per heavy atom. The van der Waals surface area contributed by atoms with E-state index in [-0.39, 0.29) is 30.6 Å². The van der Waals surface area contributed by atoms with Gasteiger partial charge in [0.2, 0.25) is 0 Å². The zero-order valence-electron chi connectivity index (χ0n) is 21.2. The first-order chi connectivity index (χ1) is 18.6. The third kappa shape index (κ3) is 7.80. The Balaban J connectivity index is 1.31. The zero-order chi connectivity index (χ0) is 26.6. The third-order valence-electron chi connectivity index (χ3n) is 6.03. The van der Waals surface area contributed by atoms with Gasteiger partial charge in [-0.3, -0.25) is 4.79 Å². The fraction of sp³-hybridized carbons (Fsp3) is 0.258. The van der Waals surface area contributed by atoms with Crippen molar-refractivity contribution >= 4 is 17.7 Å². The van der Waals surface area contributed by atoms with Gasteiger partial charge in [0.25, 0.3) is 5.91 Å². The Morgan fingerprint density at radius 3 is 2.18 bits per heavy atom. The molecule has 0 saturated carbocycles. The highest BCUT2D eigenvalue weighted by Gasteiger charge is 2.15. The first kappa shape index (κ1) is 26.7. The van der Waals surface area contributed by atoms with Gasteiger partial charge in [-0.2, -0.15) is 0 Å². The van der Waals surface area contributed by atoms with Crippen molar-refractivity contribution in [1.82, 2.24) is 10.2 Å². The average Bonchev–Trinajstić information content (AvgIpc) is 3.39. The van der Waals surface area contributed by atoms with Crippen LogP contribution in [0, 0.1) is 6.20 Å². The number of nitrogens with one attached hydrogen (secondary N) is 1. The zero-order valence-corrected chi connectivity index (χ0v) is 21.2. The number of carbonyl (C=O) groups is 3. The number of amides is 3. The number of hydrogen-bond acceptors (Lipinski definition) is 5. The van der Waals surface area contributed by atoms with Crippen molar-refractivity contribution in [2.24, 2.45) is 0 Å². The lowest BCUT2D eigenvalue weighted by Gasteiger charge is -2.22. The van der Waals surface area contributed by atoms with Crippen LogP contribution in [0.3, 0.4) is 0 Å². The highest BCUT2D eigenvalue weighted by Crippen LogP contribution is 2.26. The van der Waals surface area contributed by atoms with E-state index in [1.54, 1.807) is 24.3 Å². The molecular formula is C31H31N2O5-. The lowest BCUT2D eigenvalue weighted by atomic mass is 10.1. The Bertz CT molecular complexity index is 1260. The molecule has 7 heteroatoms. The van der Waals surface area contributed by atoms with Gasteiger partial charge in [-0.1, -0.05) is 79.7 Å². The van der Waals surface area contributed by atoms with Gasteiger partial charge in [-0.05, 0) is 48.6 Å². The van der Waals surface area contributed by atoms with Crippen LogP contribution in [-0.4, -0.2) is 29.2 Å². The summed E-state index contributed by atoms with van der Waals surface area (Å²) < 4.78 is 11.9. The second kappa shape index (κ2) is 13.8. The van der Waals surface area contributed by atoms with E-state index in [2.05, 4.69) is 11.5 Å². The Morgan fingerprint density at radius 2 is 1.53 bits per heavy atom. The smallest absolute Gasteiger partial charge is 0.255 e. The minimum Gasteiger partial charge on any atom is -0.489 e. The van der Waals surface area contributed by atoms with Crippen molar-refractivity contribution in [2.75, 3.05) is 6.54 Å². The van der Waals surface area contributed by atoms with Gasteiger partial charge in [0.1, 0.15) is 36.5 Å². The lowest BCUT2D eigenvalue weighted by molar-refractivity contribution is -0.140. The summed E-state index contributed by atoms with van der Waals surface area (Å²) in [6.07, 6.45) is 6.83. The predicted octanol–water partition coefficient (Wildman–Crippen LogP) is 5.21. The molecule has 0 radical (unpaired) electrons. The molecule has 196 valence electrons. The summed E-state index contributed by atoms with van der Waals surface area (Å²) in [4.78, 5) is 37.8. The molecule has 1 aliphatic heterocycles. The molecule has 0 aliphatic carbocycles. The molecule has 1 heterocycles. The molecule has 3 aromatic rings. The molecule has 0 saturated heterocycles. The molecule has 0 aromatic heterocycles. The molecule has 0 bridgehead atoms. The van der Waals surface area contributed by atoms with Crippen molar-refractivity contribution in [2.45, 2.75) is 45.3 Å². The van der Waals surface area contributed by atoms with Crippen molar-refractivity contribution in [3.8, 4) is 11.5 Å². The fourth-order valence-corrected chi connectivity index (χ4v) is 3.96. The number of benzene rings is 3. The maximum Gasteiger partial charge on any atom is 0.255 e. The van der Waals surface area contributed by atoms with Crippen LogP contribution >= 0.6 is 0 Å². The largest absolute Gasteiger partial charge is 0.489 e. The van der Waals surface area contributed by atoms with Crippen LogP contribution in [-0.2, 0) is 22.8 Å². The molecule has 0 spiro atoms. The van der Waals surface area contributed by atoms with E-state index in [4.69, 9.17) is 9.47 Å². The van der Waals surface area contributed by atoms with E-state index in [0.717, 1.165) is 22.4 Å². The van der Waals surface area contributed by atoms with E-state index in [0.29, 0.717) is 49.7 Å². The standard InChI is InChI=1S/C31H31N2O5/c34-29(33-20-10-16-30(33)35)15-8-3-9-19-32-31(36)27-21-26(37-22-24-11-4-1-5-12-24)17-18-28(27)38-23-25-13-6-2-7-14-25/h1-2,4-7,10-14,17-18,21H,3,8-9,15-16,19,22-23H2,(H,32,36)/q-1. The molecule has 38 heavy (non-hydrogen) atoms. The van der Waals surface area contributed by atoms with Crippen molar-refractivity contribution in [3.05, 3.63) is 108 Å². The van der Waals surface area contributed by atoms with E-state index in [9.17, 15) is 14.4 Å². The van der Waals surface area contributed by atoms with Crippen LogP contribution in [0.15, 0.2) is 84.9 Å². The molecule has 1 N–H and O–H groups in total. The van der Waals surface area contributed by atoms with E-state index in [1.807, 2.05) is 60.7 Å². The molecule has 4 rings (SSSR count). The summed E-state index contributed by atoms with van der Waals surface area (Å²) in [5.41, 5.74) is 2.43. The minimum absolute atomic E-state index is 0.229. The van der Waals surface area contributed by atoms with E-state index < -0.39 is 0 Å². The van der Waals surface area contributed by atoms with Crippen LogP contribution in [0.4, 0.5) is 0 Å². The number of unbranched alkanes of at least 4 members (excludes halogenated alkanes) is 2. The number of rotatable bonds is 13. The summed E-state index contributed by atoms with van der Waals surface area (Å²) in [6.45, 7) is 1.18. The van der Waals surface area contributed by atoms with Gasteiger partial charge in [-0.15, -0.1) is 6.08 Å². The quantitative estimate of drug-likeness (QED) is 0.252. The minimum atomic E-state index is -0.253. The highest BCUT2D eigenvalue weighted by atomic mass is 16.5. The second-order valence-corrected chi connectivity index (χ2v) is 8.93. The number of hydrogen-bond donors (Lipinski definition) is 1. The summed E-state index contributed by atoms with van der Waals surface area (Å²) in [6, 6.07) is 24.9. The van der Waals surface area contributed by atoms with Crippen molar-refractivity contribution in [3.63, 3.8) is 0 Å². The first-order valence-corrected chi connectivity index (χ1v) is 12.8. The van der Waals surface area contributed by atoms with Crippen molar-refractivity contribution in [1.29, 1.82) is 0 Å². The lowest BCUT2D eigenvalue weighted by Crippen LogP contribution is -2.28. The molecule has 0 unspecified atom stereocenters. The molecule has 0 fully saturated rings. The molecule has 3 aromatic carbocycles. The topological polar surface area (TPSA) is 84.9 Å². The summed E-state index contributed by atoms with van der Waals surface area (Å²) in [7, 11) is 0.